The summed E-state index contributed by atoms with van der Waals surface area (Å²) in [7, 11) is 0. The van der Waals surface area contributed by atoms with E-state index in [-0.39, 0.29) is 6.42 Å². The van der Waals surface area contributed by atoms with Gasteiger partial charge in [0.1, 0.15) is 0 Å². The SMILES string of the molecule is O=C(O)CCCc1cncc(Br)c1. The molecule has 1 aromatic rings. The Hall–Kier alpha value is -0.900. The Morgan fingerprint density at radius 3 is 2.92 bits per heavy atom. The highest BCUT2D eigenvalue weighted by atomic mass is 79.9. The summed E-state index contributed by atoms with van der Waals surface area (Å²) in [4.78, 5) is 14.2. The lowest BCUT2D eigenvalue weighted by atomic mass is 10.1. The van der Waals surface area contributed by atoms with Crippen molar-refractivity contribution in [2.75, 3.05) is 0 Å². The van der Waals surface area contributed by atoms with Crippen molar-refractivity contribution in [2.24, 2.45) is 0 Å². The first-order valence-corrected chi connectivity index (χ1v) is 4.79. The minimum atomic E-state index is -0.747. The third-order valence-electron chi connectivity index (χ3n) is 1.62. The number of carboxylic acids is 1. The van der Waals surface area contributed by atoms with Crippen LogP contribution in [0.4, 0.5) is 0 Å². The lowest BCUT2D eigenvalue weighted by Crippen LogP contribution is -1.96. The molecule has 1 heterocycles. The van der Waals surface area contributed by atoms with Crippen molar-refractivity contribution in [3.05, 3.63) is 28.5 Å². The van der Waals surface area contributed by atoms with E-state index in [9.17, 15) is 4.79 Å². The van der Waals surface area contributed by atoms with Gasteiger partial charge in [-0.1, -0.05) is 0 Å². The molecule has 0 spiro atoms. The van der Waals surface area contributed by atoms with Crippen LogP contribution in [0.25, 0.3) is 0 Å². The molecule has 1 rings (SSSR count). The van der Waals surface area contributed by atoms with Crippen LogP contribution >= 0.6 is 15.9 Å². The molecule has 1 N–H and O–H groups in total. The largest absolute Gasteiger partial charge is 0.481 e. The van der Waals surface area contributed by atoms with Crippen LogP contribution in [0.2, 0.25) is 0 Å². The van der Waals surface area contributed by atoms with Crippen molar-refractivity contribution in [3.63, 3.8) is 0 Å². The average Bonchev–Trinajstić information content (AvgIpc) is 2.03. The van der Waals surface area contributed by atoms with Crippen LogP contribution in [0.5, 0.6) is 0 Å². The second-order valence-corrected chi connectivity index (χ2v) is 3.67. The maximum Gasteiger partial charge on any atom is 0.303 e. The van der Waals surface area contributed by atoms with E-state index in [1.807, 2.05) is 6.07 Å². The summed E-state index contributed by atoms with van der Waals surface area (Å²) in [5, 5.41) is 8.42. The molecule has 0 bridgehead atoms. The number of nitrogens with zero attached hydrogens (tertiary/aromatic N) is 1. The van der Waals surface area contributed by atoms with E-state index in [0.29, 0.717) is 6.42 Å². The summed E-state index contributed by atoms with van der Waals surface area (Å²) in [6.45, 7) is 0. The van der Waals surface area contributed by atoms with E-state index in [0.717, 1.165) is 16.5 Å². The van der Waals surface area contributed by atoms with Crippen molar-refractivity contribution in [2.45, 2.75) is 19.3 Å². The minimum absolute atomic E-state index is 0.215. The van der Waals surface area contributed by atoms with E-state index >= 15 is 0 Å². The molecule has 0 atom stereocenters. The number of aromatic nitrogens is 1. The van der Waals surface area contributed by atoms with Gasteiger partial charge in [-0.05, 0) is 40.4 Å². The van der Waals surface area contributed by atoms with Crippen LogP contribution in [0.3, 0.4) is 0 Å². The molecule has 3 nitrogen and oxygen atoms in total. The van der Waals surface area contributed by atoms with E-state index in [1.165, 1.54) is 0 Å². The van der Waals surface area contributed by atoms with Gasteiger partial charge in [-0.25, -0.2) is 0 Å². The third-order valence-corrected chi connectivity index (χ3v) is 2.05. The first kappa shape index (κ1) is 10.2. The molecule has 0 saturated carbocycles. The quantitative estimate of drug-likeness (QED) is 0.883. The summed E-state index contributed by atoms with van der Waals surface area (Å²) in [6, 6.07) is 1.95. The predicted octanol–water partition coefficient (Wildman–Crippen LogP) is 2.25. The van der Waals surface area contributed by atoms with E-state index in [2.05, 4.69) is 20.9 Å². The number of pyridine rings is 1. The maximum absolute atomic E-state index is 10.2. The first-order valence-electron chi connectivity index (χ1n) is 3.99. The number of halogens is 1. The fraction of sp³-hybridized carbons (Fsp3) is 0.333. The highest BCUT2D eigenvalue weighted by Gasteiger charge is 1.98. The highest BCUT2D eigenvalue weighted by molar-refractivity contribution is 9.10. The lowest BCUT2D eigenvalue weighted by Gasteiger charge is -1.98. The van der Waals surface area contributed by atoms with Gasteiger partial charge in [0.15, 0.2) is 0 Å². The second-order valence-electron chi connectivity index (χ2n) is 2.76. The Labute approximate surface area is 84.9 Å². The highest BCUT2D eigenvalue weighted by Crippen LogP contribution is 2.11. The van der Waals surface area contributed by atoms with Gasteiger partial charge < -0.3 is 5.11 Å². The molecule has 0 aliphatic carbocycles. The maximum atomic E-state index is 10.2. The van der Waals surface area contributed by atoms with E-state index in [1.54, 1.807) is 12.4 Å². The van der Waals surface area contributed by atoms with Crippen molar-refractivity contribution in [1.82, 2.24) is 4.98 Å². The monoisotopic (exact) mass is 243 g/mol. The summed E-state index contributed by atoms with van der Waals surface area (Å²) >= 11 is 3.30. The fourth-order valence-electron chi connectivity index (χ4n) is 1.04. The van der Waals surface area contributed by atoms with Gasteiger partial charge in [0, 0.05) is 23.3 Å². The number of aryl methyl sites for hydroxylation is 1. The minimum Gasteiger partial charge on any atom is -0.481 e. The van der Waals surface area contributed by atoms with E-state index in [4.69, 9.17) is 5.11 Å². The summed E-state index contributed by atoms with van der Waals surface area (Å²) < 4.78 is 0.931. The number of hydrogen-bond acceptors (Lipinski definition) is 2. The number of carbonyl (C=O) groups is 1. The molecule has 13 heavy (non-hydrogen) atoms. The van der Waals surface area contributed by atoms with Gasteiger partial charge in [0.2, 0.25) is 0 Å². The fourth-order valence-corrected chi connectivity index (χ4v) is 1.45. The smallest absolute Gasteiger partial charge is 0.303 e. The van der Waals surface area contributed by atoms with Crippen LogP contribution in [-0.4, -0.2) is 16.1 Å². The molecular formula is C9H10BrNO2. The molecule has 0 fully saturated rings. The zero-order valence-corrected chi connectivity index (χ0v) is 8.62. The zero-order chi connectivity index (χ0) is 9.68. The Morgan fingerprint density at radius 1 is 1.54 bits per heavy atom. The molecule has 0 radical (unpaired) electrons. The summed E-state index contributed by atoms with van der Waals surface area (Å²) in [5.74, 6) is -0.747. The van der Waals surface area contributed by atoms with Gasteiger partial charge in [-0.3, -0.25) is 9.78 Å². The summed E-state index contributed by atoms with van der Waals surface area (Å²) in [6.07, 6.45) is 5.10. The number of rotatable bonds is 4. The molecular weight excluding hydrogens is 234 g/mol. The Balaban J connectivity index is 2.41. The normalized spacial score (nSPS) is 9.92. The van der Waals surface area contributed by atoms with E-state index < -0.39 is 5.97 Å². The van der Waals surface area contributed by atoms with Crippen LogP contribution in [-0.2, 0) is 11.2 Å². The zero-order valence-electron chi connectivity index (χ0n) is 7.03. The first-order chi connectivity index (χ1) is 6.18. The molecule has 0 saturated heterocycles. The van der Waals surface area contributed by atoms with Crippen LogP contribution in [0.1, 0.15) is 18.4 Å². The molecule has 1 aromatic heterocycles. The summed E-state index contributed by atoms with van der Waals surface area (Å²) in [5.41, 5.74) is 1.07. The lowest BCUT2D eigenvalue weighted by molar-refractivity contribution is -0.137. The molecule has 70 valence electrons. The van der Waals surface area contributed by atoms with Crippen LogP contribution < -0.4 is 0 Å². The van der Waals surface area contributed by atoms with Gasteiger partial charge in [-0.15, -0.1) is 0 Å². The standard InChI is InChI=1S/C9H10BrNO2/c10-8-4-7(5-11-6-8)2-1-3-9(12)13/h4-6H,1-3H2,(H,12,13). The van der Waals surface area contributed by atoms with Crippen molar-refractivity contribution in [1.29, 1.82) is 0 Å². The van der Waals surface area contributed by atoms with Gasteiger partial charge in [0.05, 0.1) is 0 Å². The molecule has 0 unspecified atom stereocenters. The number of carboxylic acid groups (broad SMARTS) is 1. The van der Waals surface area contributed by atoms with Gasteiger partial charge in [0.25, 0.3) is 0 Å². The van der Waals surface area contributed by atoms with Gasteiger partial charge >= 0.3 is 5.97 Å². The van der Waals surface area contributed by atoms with Crippen molar-refractivity contribution >= 4 is 21.9 Å². The third kappa shape index (κ3) is 4.03. The molecule has 0 aliphatic heterocycles. The number of aliphatic carboxylic acids is 1. The molecule has 0 aromatic carbocycles. The number of hydrogen-bond donors (Lipinski definition) is 1. The van der Waals surface area contributed by atoms with Gasteiger partial charge in [-0.2, -0.15) is 0 Å². The second kappa shape index (κ2) is 4.97. The molecule has 0 amide bonds. The van der Waals surface area contributed by atoms with Crippen molar-refractivity contribution in [3.8, 4) is 0 Å². The Morgan fingerprint density at radius 2 is 2.31 bits per heavy atom. The molecule has 0 aliphatic rings. The Kier molecular flexibility index (Phi) is 3.89. The Bertz CT molecular complexity index is 301. The van der Waals surface area contributed by atoms with Crippen molar-refractivity contribution < 1.29 is 9.90 Å². The van der Waals surface area contributed by atoms with Crippen LogP contribution in [0, 0.1) is 0 Å². The van der Waals surface area contributed by atoms with Crippen LogP contribution in [0.15, 0.2) is 22.9 Å². The molecule has 4 heteroatoms. The predicted molar refractivity (Wildman–Crippen MR) is 52.5 cm³/mol. The average molecular weight is 244 g/mol. The topological polar surface area (TPSA) is 50.2 Å².